The maximum absolute atomic E-state index is 8.90. The van der Waals surface area contributed by atoms with Crippen molar-refractivity contribution in [1.29, 1.82) is 5.26 Å². The molecule has 2 aliphatic rings. The summed E-state index contributed by atoms with van der Waals surface area (Å²) in [5.41, 5.74) is 1.23. The molecule has 0 unspecified atom stereocenters. The van der Waals surface area contributed by atoms with Gasteiger partial charge < -0.3 is 4.74 Å². The number of thiazole rings is 1. The first-order valence-corrected chi connectivity index (χ1v) is 7.84. The fourth-order valence-electron chi connectivity index (χ4n) is 2.47. The minimum absolute atomic E-state index is 0.529. The summed E-state index contributed by atoms with van der Waals surface area (Å²) in [5.74, 6) is 0.650. The summed E-state index contributed by atoms with van der Waals surface area (Å²) in [6.07, 6.45) is 4.05. The van der Waals surface area contributed by atoms with Crippen LogP contribution >= 0.6 is 11.3 Å². The van der Waals surface area contributed by atoms with E-state index in [1.807, 2.05) is 0 Å². The molecule has 2 heterocycles. The van der Waals surface area contributed by atoms with Crippen molar-refractivity contribution in [2.75, 3.05) is 32.8 Å². The molecule has 1 aliphatic heterocycles. The van der Waals surface area contributed by atoms with Gasteiger partial charge in [-0.05, 0) is 12.8 Å². The number of hydrogen-bond acceptors (Lipinski definition) is 5. The standard InChI is InChI=1S/C14H19N3OS/c15-5-3-12-14(11-1-2-11)16-13(19-12)4-6-17-7-9-18-10-8-17/h11H,1-4,6-10H2. The van der Waals surface area contributed by atoms with E-state index in [2.05, 4.69) is 11.0 Å². The Morgan fingerprint density at radius 3 is 2.84 bits per heavy atom. The maximum atomic E-state index is 8.90. The predicted octanol–water partition coefficient (Wildman–Crippen LogP) is 1.96. The van der Waals surface area contributed by atoms with Crippen LogP contribution in [0.2, 0.25) is 0 Å². The second-order valence-electron chi connectivity index (χ2n) is 5.23. The molecule has 3 rings (SSSR count). The number of morpholine rings is 1. The van der Waals surface area contributed by atoms with Gasteiger partial charge in [-0.25, -0.2) is 4.98 Å². The van der Waals surface area contributed by atoms with Gasteiger partial charge in [-0.15, -0.1) is 11.3 Å². The summed E-state index contributed by atoms with van der Waals surface area (Å²) in [6.45, 7) is 4.83. The Hall–Kier alpha value is -0.960. The van der Waals surface area contributed by atoms with Gasteiger partial charge in [0.2, 0.25) is 0 Å². The number of nitrogens with zero attached hydrogens (tertiary/aromatic N) is 3. The highest BCUT2D eigenvalue weighted by atomic mass is 32.1. The zero-order chi connectivity index (χ0) is 13.1. The van der Waals surface area contributed by atoms with Crippen LogP contribution < -0.4 is 0 Å². The first kappa shape index (κ1) is 13.0. The molecule has 1 aliphatic carbocycles. The summed E-state index contributed by atoms with van der Waals surface area (Å²) >= 11 is 1.75. The molecule has 1 aromatic heterocycles. The fourth-order valence-corrected chi connectivity index (χ4v) is 3.55. The van der Waals surface area contributed by atoms with Crippen molar-refractivity contribution >= 4 is 11.3 Å². The molecule has 1 aromatic rings. The molecule has 4 nitrogen and oxygen atoms in total. The largest absolute Gasteiger partial charge is 0.379 e. The number of rotatable bonds is 5. The van der Waals surface area contributed by atoms with Gasteiger partial charge in [0.15, 0.2) is 0 Å². The first-order valence-electron chi connectivity index (χ1n) is 7.02. The molecule has 0 bridgehead atoms. The molecule has 0 atom stereocenters. The van der Waals surface area contributed by atoms with Crippen LogP contribution in [0.3, 0.4) is 0 Å². The van der Waals surface area contributed by atoms with E-state index in [0.717, 1.165) is 39.3 Å². The first-order chi connectivity index (χ1) is 9.36. The second-order valence-corrected chi connectivity index (χ2v) is 6.40. The minimum atomic E-state index is 0.529. The van der Waals surface area contributed by atoms with Crippen LogP contribution in [0, 0.1) is 11.3 Å². The summed E-state index contributed by atoms with van der Waals surface area (Å²) in [7, 11) is 0. The van der Waals surface area contributed by atoms with Crippen molar-refractivity contribution in [2.45, 2.75) is 31.6 Å². The van der Waals surface area contributed by atoms with Gasteiger partial charge in [-0.1, -0.05) is 0 Å². The normalized spacial score (nSPS) is 20.4. The van der Waals surface area contributed by atoms with Crippen molar-refractivity contribution < 1.29 is 4.74 Å². The van der Waals surface area contributed by atoms with Crippen molar-refractivity contribution in [3.63, 3.8) is 0 Å². The molecule has 19 heavy (non-hydrogen) atoms. The third-order valence-corrected chi connectivity index (χ3v) is 4.85. The van der Waals surface area contributed by atoms with Gasteiger partial charge in [0, 0.05) is 36.9 Å². The molecule has 1 saturated heterocycles. The van der Waals surface area contributed by atoms with Crippen LogP contribution in [0.25, 0.3) is 0 Å². The van der Waals surface area contributed by atoms with Gasteiger partial charge in [-0.2, -0.15) is 5.26 Å². The predicted molar refractivity (Wildman–Crippen MR) is 74.4 cm³/mol. The Morgan fingerprint density at radius 2 is 2.16 bits per heavy atom. The van der Waals surface area contributed by atoms with Crippen LogP contribution in [-0.2, 0) is 17.6 Å². The Bertz CT molecular complexity index is 470. The van der Waals surface area contributed by atoms with Gasteiger partial charge in [0.05, 0.1) is 36.4 Å². The minimum Gasteiger partial charge on any atom is -0.379 e. The molecule has 5 heteroatoms. The van der Waals surface area contributed by atoms with Gasteiger partial charge in [0.1, 0.15) is 0 Å². The number of ether oxygens (including phenoxy) is 1. The van der Waals surface area contributed by atoms with E-state index in [1.165, 1.54) is 28.4 Å². The van der Waals surface area contributed by atoms with Gasteiger partial charge >= 0.3 is 0 Å². The van der Waals surface area contributed by atoms with E-state index in [9.17, 15) is 0 Å². The molecular formula is C14H19N3OS. The highest BCUT2D eigenvalue weighted by molar-refractivity contribution is 7.11. The van der Waals surface area contributed by atoms with E-state index in [1.54, 1.807) is 11.3 Å². The highest BCUT2D eigenvalue weighted by Crippen LogP contribution is 2.42. The fraction of sp³-hybridized carbons (Fsp3) is 0.714. The van der Waals surface area contributed by atoms with Crippen LogP contribution in [0.5, 0.6) is 0 Å². The molecule has 0 radical (unpaired) electrons. The lowest BCUT2D eigenvalue weighted by atomic mass is 10.2. The summed E-state index contributed by atoms with van der Waals surface area (Å²) in [4.78, 5) is 8.43. The number of aromatic nitrogens is 1. The average Bonchev–Trinajstić information content (AvgIpc) is 3.21. The zero-order valence-corrected chi connectivity index (χ0v) is 11.9. The lowest BCUT2D eigenvalue weighted by molar-refractivity contribution is 0.0384. The zero-order valence-electron chi connectivity index (χ0n) is 11.1. The lowest BCUT2D eigenvalue weighted by Gasteiger charge is -2.25. The molecular weight excluding hydrogens is 258 g/mol. The average molecular weight is 277 g/mol. The van der Waals surface area contributed by atoms with Gasteiger partial charge in [0.25, 0.3) is 0 Å². The quantitative estimate of drug-likeness (QED) is 0.825. The summed E-state index contributed by atoms with van der Waals surface area (Å²) in [5, 5.41) is 10.1. The topological polar surface area (TPSA) is 49.2 Å². The van der Waals surface area contributed by atoms with Crippen LogP contribution in [-0.4, -0.2) is 42.7 Å². The molecule has 0 aromatic carbocycles. The van der Waals surface area contributed by atoms with Gasteiger partial charge in [-0.3, -0.25) is 4.90 Å². The van der Waals surface area contributed by atoms with E-state index >= 15 is 0 Å². The van der Waals surface area contributed by atoms with E-state index in [-0.39, 0.29) is 0 Å². The number of nitriles is 1. The maximum Gasteiger partial charge on any atom is 0.0944 e. The Balaban J connectivity index is 1.60. The highest BCUT2D eigenvalue weighted by Gasteiger charge is 2.29. The molecule has 0 N–H and O–H groups in total. The molecule has 1 saturated carbocycles. The Kier molecular flexibility index (Phi) is 4.12. The number of hydrogen-bond donors (Lipinski definition) is 0. The third kappa shape index (κ3) is 3.33. The van der Waals surface area contributed by atoms with Crippen LogP contribution in [0.15, 0.2) is 0 Å². The smallest absolute Gasteiger partial charge is 0.0944 e. The molecule has 2 fully saturated rings. The second kappa shape index (κ2) is 6.00. The van der Waals surface area contributed by atoms with E-state index in [4.69, 9.17) is 15.0 Å². The summed E-state index contributed by atoms with van der Waals surface area (Å²) < 4.78 is 5.36. The Morgan fingerprint density at radius 1 is 1.37 bits per heavy atom. The van der Waals surface area contributed by atoms with Crippen LogP contribution in [0.4, 0.5) is 0 Å². The van der Waals surface area contributed by atoms with Crippen molar-refractivity contribution in [3.8, 4) is 6.07 Å². The molecule has 0 spiro atoms. The van der Waals surface area contributed by atoms with Crippen LogP contribution in [0.1, 0.15) is 34.3 Å². The lowest BCUT2D eigenvalue weighted by Crippen LogP contribution is -2.37. The monoisotopic (exact) mass is 277 g/mol. The van der Waals surface area contributed by atoms with E-state index in [0.29, 0.717) is 12.3 Å². The SMILES string of the molecule is N#CCc1sc(CCN2CCOCC2)nc1C1CC1. The molecule has 102 valence electrons. The summed E-state index contributed by atoms with van der Waals surface area (Å²) in [6, 6.07) is 2.27. The van der Waals surface area contributed by atoms with Crippen molar-refractivity contribution in [1.82, 2.24) is 9.88 Å². The molecule has 0 amide bonds. The van der Waals surface area contributed by atoms with Crippen molar-refractivity contribution in [3.05, 3.63) is 15.6 Å². The van der Waals surface area contributed by atoms with Crippen molar-refractivity contribution in [2.24, 2.45) is 0 Å². The Labute approximate surface area is 118 Å². The van der Waals surface area contributed by atoms with E-state index < -0.39 is 0 Å². The third-order valence-electron chi connectivity index (χ3n) is 3.72.